The van der Waals surface area contributed by atoms with Gasteiger partial charge in [-0.1, -0.05) is 12.1 Å². The summed E-state index contributed by atoms with van der Waals surface area (Å²) < 4.78 is 18.4. The first-order chi connectivity index (χ1) is 9.63. The molecule has 2 aromatic rings. The Labute approximate surface area is 117 Å². The largest absolute Gasteiger partial charge is 0.497 e. The average molecular weight is 270 g/mol. The minimum atomic E-state index is -0.507. The second-order valence-electron chi connectivity index (χ2n) is 4.45. The van der Waals surface area contributed by atoms with Crippen molar-refractivity contribution in [3.05, 3.63) is 59.4 Å². The molecular weight excluding hydrogens is 255 g/mol. The summed E-state index contributed by atoms with van der Waals surface area (Å²) in [5, 5.41) is 12.1. The quantitative estimate of drug-likeness (QED) is 0.917. The number of hydrogen-bond acceptors (Lipinski definition) is 3. The molecule has 0 aromatic heterocycles. The molecule has 0 spiro atoms. The number of anilines is 1. The number of halogens is 1. The second-order valence-corrected chi connectivity index (χ2v) is 4.45. The van der Waals surface area contributed by atoms with E-state index in [1.54, 1.807) is 13.2 Å². The fourth-order valence-corrected chi connectivity index (χ4v) is 1.94. The molecule has 1 unspecified atom stereocenters. The standard InChI is InChI=1S/C16H15FN2O/c1-11(12-4-3-5-15(9-12)20-2)19-14-6-7-16(17)13(8-14)10-18/h3-9,11,19H,1-2H3. The van der Waals surface area contributed by atoms with Gasteiger partial charge in [0.05, 0.1) is 12.7 Å². The topological polar surface area (TPSA) is 45.0 Å². The molecule has 2 aromatic carbocycles. The van der Waals surface area contributed by atoms with Gasteiger partial charge in [-0.05, 0) is 42.8 Å². The number of rotatable bonds is 4. The molecule has 1 atom stereocenters. The lowest BCUT2D eigenvalue weighted by molar-refractivity contribution is 0.414. The van der Waals surface area contributed by atoms with Crippen molar-refractivity contribution < 1.29 is 9.13 Å². The van der Waals surface area contributed by atoms with Crippen LogP contribution in [0.15, 0.2) is 42.5 Å². The third-order valence-electron chi connectivity index (χ3n) is 3.06. The Kier molecular flexibility index (Phi) is 4.21. The number of nitrogens with one attached hydrogen (secondary N) is 1. The van der Waals surface area contributed by atoms with Crippen LogP contribution in [0.5, 0.6) is 5.75 Å². The van der Waals surface area contributed by atoms with E-state index in [1.807, 2.05) is 37.3 Å². The zero-order chi connectivity index (χ0) is 14.5. The van der Waals surface area contributed by atoms with Crippen molar-refractivity contribution in [1.82, 2.24) is 0 Å². The van der Waals surface area contributed by atoms with Gasteiger partial charge in [-0.25, -0.2) is 4.39 Å². The molecule has 0 amide bonds. The summed E-state index contributed by atoms with van der Waals surface area (Å²) in [5.41, 5.74) is 1.79. The van der Waals surface area contributed by atoms with Gasteiger partial charge < -0.3 is 10.1 Å². The second kappa shape index (κ2) is 6.07. The molecule has 20 heavy (non-hydrogen) atoms. The molecule has 0 saturated carbocycles. The fourth-order valence-electron chi connectivity index (χ4n) is 1.94. The smallest absolute Gasteiger partial charge is 0.141 e. The van der Waals surface area contributed by atoms with E-state index in [2.05, 4.69) is 5.32 Å². The number of hydrogen-bond donors (Lipinski definition) is 1. The highest BCUT2D eigenvalue weighted by Crippen LogP contribution is 2.23. The molecule has 1 N–H and O–H groups in total. The van der Waals surface area contributed by atoms with Crippen LogP contribution in [-0.4, -0.2) is 7.11 Å². The summed E-state index contributed by atoms with van der Waals surface area (Å²) in [4.78, 5) is 0. The van der Waals surface area contributed by atoms with Crippen LogP contribution in [0.3, 0.4) is 0 Å². The van der Waals surface area contributed by atoms with Crippen molar-refractivity contribution in [2.45, 2.75) is 13.0 Å². The summed E-state index contributed by atoms with van der Waals surface area (Å²) in [6, 6.07) is 14.0. The molecule has 0 fully saturated rings. The number of ether oxygens (including phenoxy) is 1. The molecule has 0 aliphatic carbocycles. The Morgan fingerprint density at radius 1 is 1.25 bits per heavy atom. The van der Waals surface area contributed by atoms with Crippen LogP contribution in [-0.2, 0) is 0 Å². The first-order valence-electron chi connectivity index (χ1n) is 6.24. The molecule has 102 valence electrons. The summed E-state index contributed by atoms with van der Waals surface area (Å²) in [6.07, 6.45) is 0. The third kappa shape index (κ3) is 3.07. The highest BCUT2D eigenvalue weighted by molar-refractivity contribution is 5.51. The van der Waals surface area contributed by atoms with E-state index in [1.165, 1.54) is 12.1 Å². The predicted octanol–water partition coefficient (Wildman–Crippen LogP) is 3.88. The lowest BCUT2D eigenvalue weighted by Gasteiger charge is -2.16. The molecule has 0 saturated heterocycles. The van der Waals surface area contributed by atoms with E-state index < -0.39 is 5.82 Å². The molecule has 0 radical (unpaired) electrons. The van der Waals surface area contributed by atoms with Crippen molar-refractivity contribution in [3.8, 4) is 11.8 Å². The lowest BCUT2D eigenvalue weighted by atomic mass is 10.1. The van der Waals surface area contributed by atoms with E-state index in [0.29, 0.717) is 5.69 Å². The lowest BCUT2D eigenvalue weighted by Crippen LogP contribution is -2.07. The Hall–Kier alpha value is -2.54. The van der Waals surface area contributed by atoms with Crippen LogP contribution in [0.25, 0.3) is 0 Å². The zero-order valence-electron chi connectivity index (χ0n) is 11.4. The number of nitrogens with zero attached hydrogens (tertiary/aromatic N) is 1. The Bertz CT molecular complexity index is 649. The first kappa shape index (κ1) is 13.9. The predicted molar refractivity (Wildman–Crippen MR) is 76.1 cm³/mol. The molecule has 3 nitrogen and oxygen atoms in total. The van der Waals surface area contributed by atoms with E-state index in [0.717, 1.165) is 11.3 Å². The van der Waals surface area contributed by atoms with Gasteiger partial charge in [0, 0.05) is 11.7 Å². The maximum absolute atomic E-state index is 13.3. The van der Waals surface area contributed by atoms with Crippen LogP contribution < -0.4 is 10.1 Å². The molecule has 2 rings (SSSR count). The minimum Gasteiger partial charge on any atom is -0.497 e. The number of methoxy groups -OCH3 is 1. The van der Waals surface area contributed by atoms with Crippen molar-refractivity contribution in [2.24, 2.45) is 0 Å². The minimum absolute atomic E-state index is 0.0158. The zero-order valence-corrected chi connectivity index (χ0v) is 11.4. The van der Waals surface area contributed by atoms with Gasteiger partial charge in [-0.2, -0.15) is 5.26 Å². The highest BCUT2D eigenvalue weighted by atomic mass is 19.1. The average Bonchev–Trinajstić information content (AvgIpc) is 2.49. The van der Waals surface area contributed by atoms with Gasteiger partial charge in [0.15, 0.2) is 0 Å². The Morgan fingerprint density at radius 2 is 2.05 bits per heavy atom. The Morgan fingerprint density at radius 3 is 2.75 bits per heavy atom. The van der Waals surface area contributed by atoms with Crippen molar-refractivity contribution in [2.75, 3.05) is 12.4 Å². The normalized spacial score (nSPS) is 11.5. The van der Waals surface area contributed by atoms with Crippen LogP contribution >= 0.6 is 0 Å². The van der Waals surface area contributed by atoms with Gasteiger partial charge in [0.1, 0.15) is 17.6 Å². The van der Waals surface area contributed by atoms with Crippen molar-refractivity contribution >= 4 is 5.69 Å². The molecule has 4 heteroatoms. The Balaban J connectivity index is 2.19. The summed E-state index contributed by atoms with van der Waals surface area (Å²) in [5.74, 6) is 0.278. The van der Waals surface area contributed by atoms with Gasteiger partial charge in [-0.15, -0.1) is 0 Å². The van der Waals surface area contributed by atoms with Crippen LogP contribution in [0, 0.1) is 17.1 Å². The van der Waals surface area contributed by atoms with Crippen LogP contribution in [0.4, 0.5) is 10.1 Å². The number of nitriles is 1. The van der Waals surface area contributed by atoms with Crippen molar-refractivity contribution in [3.63, 3.8) is 0 Å². The third-order valence-corrected chi connectivity index (χ3v) is 3.06. The summed E-state index contributed by atoms with van der Waals surface area (Å²) in [7, 11) is 1.62. The van der Waals surface area contributed by atoms with Crippen LogP contribution in [0.1, 0.15) is 24.1 Å². The van der Waals surface area contributed by atoms with Gasteiger partial charge in [-0.3, -0.25) is 0 Å². The van der Waals surface area contributed by atoms with E-state index >= 15 is 0 Å². The molecule has 0 aliphatic rings. The SMILES string of the molecule is COc1cccc(C(C)Nc2ccc(F)c(C#N)c2)c1. The number of benzene rings is 2. The van der Waals surface area contributed by atoms with Gasteiger partial charge in [0.25, 0.3) is 0 Å². The maximum Gasteiger partial charge on any atom is 0.141 e. The highest BCUT2D eigenvalue weighted by Gasteiger charge is 2.08. The summed E-state index contributed by atoms with van der Waals surface area (Å²) >= 11 is 0. The summed E-state index contributed by atoms with van der Waals surface area (Å²) in [6.45, 7) is 1.99. The molecule has 0 bridgehead atoms. The molecule has 0 heterocycles. The maximum atomic E-state index is 13.3. The van der Waals surface area contributed by atoms with E-state index in [9.17, 15) is 4.39 Å². The van der Waals surface area contributed by atoms with E-state index in [4.69, 9.17) is 10.00 Å². The fraction of sp³-hybridized carbons (Fsp3) is 0.188. The first-order valence-corrected chi connectivity index (χ1v) is 6.24. The molecular formula is C16H15FN2O. The van der Waals surface area contributed by atoms with Gasteiger partial charge in [0.2, 0.25) is 0 Å². The van der Waals surface area contributed by atoms with Crippen molar-refractivity contribution in [1.29, 1.82) is 5.26 Å². The molecule has 0 aliphatic heterocycles. The van der Waals surface area contributed by atoms with Crippen LogP contribution in [0.2, 0.25) is 0 Å². The van der Waals surface area contributed by atoms with Gasteiger partial charge >= 0.3 is 0 Å². The monoisotopic (exact) mass is 270 g/mol. The van der Waals surface area contributed by atoms with E-state index in [-0.39, 0.29) is 11.6 Å².